The fourth-order valence-corrected chi connectivity index (χ4v) is 6.13. The quantitative estimate of drug-likeness (QED) is 0.354. The van der Waals surface area contributed by atoms with Gasteiger partial charge < -0.3 is 39.5 Å². The number of nitrogens with zero attached hydrogens (tertiary/aromatic N) is 1. The Balaban J connectivity index is 0.000000493. The number of hydrogen-bond donors (Lipinski definition) is 4. The first-order chi connectivity index (χ1) is 19.0. The Hall–Kier alpha value is -3.85. The molecule has 15 heteroatoms. The highest BCUT2D eigenvalue weighted by molar-refractivity contribution is 5.81. The number of halogens is 3. The number of aliphatic hydroxyl groups is 1. The number of likely N-dealkylation sites (N-methyl/N-ethyl adjacent to an activating group) is 1. The Bertz CT molecular complexity index is 1310. The van der Waals surface area contributed by atoms with Gasteiger partial charge in [0.05, 0.1) is 23.9 Å². The van der Waals surface area contributed by atoms with E-state index < -0.39 is 53.3 Å². The second kappa shape index (κ2) is 10.5. The van der Waals surface area contributed by atoms with Crippen LogP contribution >= 0.6 is 0 Å². The number of carbonyl (C=O) groups excluding carboxylic acids is 2. The lowest BCUT2D eigenvalue weighted by atomic mass is 9.50. The first kappa shape index (κ1) is 30.1. The van der Waals surface area contributed by atoms with Gasteiger partial charge in [0.15, 0.2) is 23.7 Å². The first-order valence-electron chi connectivity index (χ1n) is 12.6. The summed E-state index contributed by atoms with van der Waals surface area (Å²) in [6, 6.07) is 3.29. The van der Waals surface area contributed by atoms with E-state index in [0.29, 0.717) is 25.1 Å². The molecule has 0 amide bonds. The highest BCUT2D eigenvalue weighted by atomic mass is 19.4. The van der Waals surface area contributed by atoms with Crippen LogP contribution in [0, 0.1) is 0 Å². The Morgan fingerprint density at radius 1 is 1.17 bits per heavy atom. The molecule has 1 aromatic rings. The number of rotatable bonds is 6. The molecule has 0 aromatic heterocycles. The lowest BCUT2D eigenvalue weighted by molar-refractivity contribution is -0.192. The monoisotopic (exact) mass is 587 g/mol. The van der Waals surface area contributed by atoms with Crippen molar-refractivity contribution in [1.82, 2.24) is 4.90 Å². The molecule has 2 aliphatic carbocycles. The molecular formula is C26H28F3NO11. The van der Waals surface area contributed by atoms with Gasteiger partial charge in [0.1, 0.15) is 5.76 Å². The molecule has 1 aromatic carbocycles. The summed E-state index contributed by atoms with van der Waals surface area (Å²) in [5.74, 6) is -5.01. The van der Waals surface area contributed by atoms with Crippen LogP contribution in [0.5, 0.6) is 11.5 Å². The predicted octanol–water partition coefficient (Wildman–Crippen LogP) is 1.64. The molecule has 224 valence electrons. The number of piperidine rings is 1. The number of carboxylic acid groups (broad SMARTS) is 2. The van der Waals surface area contributed by atoms with Gasteiger partial charge in [0.25, 0.3) is 0 Å². The number of phenols is 1. The van der Waals surface area contributed by atoms with Crippen LogP contribution in [0.2, 0.25) is 0 Å². The number of ether oxygens (including phenoxy) is 3. The molecule has 2 heterocycles. The van der Waals surface area contributed by atoms with Gasteiger partial charge >= 0.3 is 30.1 Å². The number of carboxylic acids is 2. The molecule has 5 atom stereocenters. The van der Waals surface area contributed by atoms with Crippen molar-refractivity contribution < 1.29 is 67.0 Å². The maximum atomic E-state index is 12.6. The predicted molar refractivity (Wildman–Crippen MR) is 129 cm³/mol. The van der Waals surface area contributed by atoms with Crippen molar-refractivity contribution in [2.75, 3.05) is 13.6 Å². The van der Waals surface area contributed by atoms with E-state index in [1.54, 1.807) is 12.1 Å². The molecule has 4 aliphatic rings. The Labute approximate surface area is 230 Å². The van der Waals surface area contributed by atoms with Crippen LogP contribution < -0.4 is 4.74 Å². The van der Waals surface area contributed by atoms with Gasteiger partial charge in [-0.05, 0) is 51.1 Å². The second-order valence-electron chi connectivity index (χ2n) is 10.3. The fourth-order valence-electron chi connectivity index (χ4n) is 6.13. The van der Waals surface area contributed by atoms with Crippen molar-refractivity contribution in [2.45, 2.75) is 74.5 Å². The van der Waals surface area contributed by atoms with E-state index in [1.807, 2.05) is 13.1 Å². The van der Waals surface area contributed by atoms with E-state index in [4.69, 9.17) is 29.2 Å². The van der Waals surface area contributed by atoms with Crippen LogP contribution in [-0.2, 0) is 40.5 Å². The summed E-state index contributed by atoms with van der Waals surface area (Å²) in [7, 11) is 1.98. The summed E-state index contributed by atoms with van der Waals surface area (Å²) in [6.07, 6.45) is -4.75. The number of alkyl halides is 3. The molecule has 12 nitrogen and oxygen atoms in total. The summed E-state index contributed by atoms with van der Waals surface area (Å²) in [4.78, 5) is 46.2. The Morgan fingerprint density at radius 3 is 2.41 bits per heavy atom. The second-order valence-corrected chi connectivity index (χ2v) is 10.3. The third kappa shape index (κ3) is 5.07. The van der Waals surface area contributed by atoms with Crippen LogP contribution in [0.3, 0.4) is 0 Å². The maximum Gasteiger partial charge on any atom is 0.490 e. The summed E-state index contributed by atoms with van der Waals surface area (Å²) < 4.78 is 48.3. The number of likely N-dealkylation sites (tertiary alicyclic amines) is 1. The molecule has 0 saturated carbocycles. The van der Waals surface area contributed by atoms with Gasteiger partial charge in [-0.1, -0.05) is 6.07 Å². The summed E-state index contributed by atoms with van der Waals surface area (Å²) >= 11 is 0. The zero-order chi connectivity index (χ0) is 30.5. The number of aromatic hydroxyl groups is 1. The van der Waals surface area contributed by atoms with Crippen molar-refractivity contribution in [3.8, 4) is 11.5 Å². The highest BCUT2D eigenvalue weighted by Crippen LogP contribution is 2.65. The third-order valence-electron chi connectivity index (χ3n) is 8.02. The lowest BCUT2D eigenvalue weighted by Crippen LogP contribution is -2.74. The highest BCUT2D eigenvalue weighted by Gasteiger charge is 2.72. The van der Waals surface area contributed by atoms with Crippen molar-refractivity contribution in [1.29, 1.82) is 0 Å². The minimum absolute atomic E-state index is 0.0248. The fraction of sp³-hybridized carbons (Fsp3) is 0.538. The van der Waals surface area contributed by atoms with Crippen molar-refractivity contribution in [3.05, 3.63) is 35.1 Å². The molecular weight excluding hydrogens is 559 g/mol. The first-order valence-corrected chi connectivity index (χ1v) is 12.6. The van der Waals surface area contributed by atoms with E-state index in [9.17, 15) is 37.8 Å². The van der Waals surface area contributed by atoms with Crippen LogP contribution in [0.1, 0.15) is 43.7 Å². The zero-order valence-corrected chi connectivity index (χ0v) is 21.9. The average Bonchev–Trinajstić information content (AvgIpc) is 3.24. The third-order valence-corrected chi connectivity index (χ3v) is 8.02. The van der Waals surface area contributed by atoms with Gasteiger partial charge in [-0.25, -0.2) is 9.59 Å². The van der Waals surface area contributed by atoms with Gasteiger partial charge in [0.2, 0.25) is 0 Å². The average molecular weight is 588 g/mol. The standard InChI is InChI=1S/C24H27NO9.C2HF3O2/c1-12(22(29)30)32-17(27)5-6-18(28)33-15-7-8-24(31)16-11-13-3-4-14(26)20-19(13)23(24,21(15)34-20)9-10-25(16)2;3-2(4,5)1(6)7/h3-4,7,12,16,21,26,31H,5-6,8-11H2,1-2H3,(H,29,30);(H,6,7)/t12?,16-,21+,23+,24-;/m1./s1. The molecule has 1 unspecified atom stereocenters. The molecule has 1 saturated heterocycles. The smallest absolute Gasteiger partial charge is 0.490 e. The van der Waals surface area contributed by atoms with E-state index in [0.717, 1.165) is 11.1 Å². The number of phenolic OH excluding ortho intramolecular Hbond substituents is 1. The lowest BCUT2D eigenvalue weighted by Gasteiger charge is -2.61. The summed E-state index contributed by atoms with van der Waals surface area (Å²) in [5.41, 5.74) is -0.244. The Kier molecular flexibility index (Phi) is 7.73. The molecule has 2 bridgehead atoms. The number of aliphatic carboxylic acids is 2. The van der Waals surface area contributed by atoms with Gasteiger partial charge in [-0.15, -0.1) is 0 Å². The van der Waals surface area contributed by atoms with Crippen molar-refractivity contribution in [3.63, 3.8) is 0 Å². The van der Waals surface area contributed by atoms with Crippen LogP contribution in [0.25, 0.3) is 0 Å². The molecule has 1 spiro atoms. The number of benzene rings is 1. The summed E-state index contributed by atoms with van der Waals surface area (Å²) in [5, 5.41) is 38.5. The summed E-state index contributed by atoms with van der Waals surface area (Å²) in [6.45, 7) is 1.93. The van der Waals surface area contributed by atoms with E-state index in [1.165, 1.54) is 6.92 Å². The molecule has 0 radical (unpaired) electrons. The number of hydrogen-bond acceptors (Lipinski definition) is 10. The van der Waals surface area contributed by atoms with Gasteiger partial charge in [0, 0.05) is 18.0 Å². The van der Waals surface area contributed by atoms with E-state index in [2.05, 4.69) is 4.90 Å². The van der Waals surface area contributed by atoms with E-state index in [-0.39, 0.29) is 36.8 Å². The van der Waals surface area contributed by atoms with Gasteiger partial charge in [-0.3, -0.25) is 9.59 Å². The normalized spacial score (nSPS) is 28.1. The van der Waals surface area contributed by atoms with E-state index >= 15 is 0 Å². The minimum atomic E-state index is -5.08. The topological polar surface area (TPSA) is 180 Å². The molecule has 41 heavy (non-hydrogen) atoms. The number of esters is 2. The molecule has 4 N–H and O–H groups in total. The van der Waals surface area contributed by atoms with Gasteiger partial charge in [-0.2, -0.15) is 13.2 Å². The zero-order valence-electron chi connectivity index (χ0n) is 21.9. The molecule has 2 aliphatic heterocycles. The minimum Gasteiger partial charge on any atom is -0.504 e. The van der Waals surface area contributed by atoms with Crippen LogP contribution in [0.4, 0.5) is 13.2 Å². The Morgan fingerprint density at radius 2 is 1.80 bits per heavy atom. The largest absolute Gasteiger partial charge is 0.504 e. The SMILES string of the molecule is CC(OC(=O)CCC(=O)OC1=CC[C@@]2(O)[C@H]3Cc4ccc(O)c5c4[C@@]2(CCN3C)[C@H]1O5)C(=O)O.O=C(O)C(F)(F)F. The van der Waals surface area contributed by atoms with Crippen molar-refractivity contribution >= 4 is 23.9 Å². The van der Waals surface area contributed by atoms with Crippen molar-refractivity contribution in [2.24, 2.45) is 0 Å². The van der Waals surface area contributed by atoms with Crippen LogP contribution in [0.15, 0.2) is 24.0 Å². The molecule has 1 fully saturated rings. The molecule has 5 rings (SSSR count). The number of carbonyl (C=O) groups is 4. The maximum absolute atomic E-state index is 12.6. The van der Waals surface area contributed by atoms with Crippen LogP contribution in [-0.4, -0.2) is 92.8 Å².